The topological polar surface area (TPSA) is 101 Å². The molecular weight excluding hydrogens is 294 g/mol. The molecule has 0 aliphatic carbocycles. The third-order valence-corrected chi connectivity index (χ3v) is 4.08. The molecule has 0 radical (unpaired) electrons. The second kappa shape index (κ2) is 7.21. The Balaban J connectivity index is 2.90. The van der Waals surface area contributed by atoms with E-state index in [1.54, 1.807) is 0 Å². The van der Waals surface area contributed by atoms with Gasteiger partial charge in [-0.2, -0.15) is 0 Å². The van der Waals surface area contributed by atoms with E-state index in [1.807, 2.05) is 6.92 Å². The van der Waals surface area contributed by atoms with Crippen molar-refractivity contribution in [3.63, 3.8) is 0 Å². The average molecular weight is 313 g/mol. The molecule has 1 aromatic rings. The van der Waals surface area contributed by atoms with E-state index in [1.165, 1.54) is 24.3 Å². The number of aliphatic carboxylic acids is 1. The third-order valence-electron chi connectivity index (χ3n) is 2.97. The number of benzene rings is 1. The number of carbonyl (C=O) groups excluding carboxylic acids is 1. The summed E-state index contributed by atoms with van der Waals surface area (Å²) in [7, 11) is -3.41. The first-order valence-corrected chi connectivity index (χ1v) is 8.48. The van der Waals surface area contributed by atoms with Gasteiger partial charge in [-0.05, 0) is 24.6 Å². The van der Waals surface area contributed by atoms with Crippen molar-refractivity contribution >= 4 is 21.7 Å². The predicted octanol–water partition coefficient (Wildman–Crippen LogP) is 1.46. The molecule has 7 heteroatoms. The summed E-state index contributed by atoms with van der Waals surface area (Å²) in [6.07, 6.45) is 2.89. The normalized spacial score (nSPS) is 12.7. The van der Waals surface area contributed by atoms with Crippen molar-refractivity contribution in [1.29, 1.82) is 0 Å². The first-order valence-electron chi connectivity index (χ1n) is 6.59. The Hall–Kier alpha value is -1.89. The van der Waals surface area contributed by atoms with Crippen LogP contribution in [-0.4, -0.2) is 37.7 Å². The molecule has 0 saturated carbocycles. The quantitative estimate of drug-likeness (QED) is 0.793. The van der Waals surface area contributed by atoms with Crippen LogP contribution in [0.15, 0.2) is 29.2 Å². The van der Waals surface area contributed by atoms with Crippen LogP contribution < -0.4 is 5.32 Å². The van der Waals surface area contributed by atoms with Crippen LogP contribution in [0.3, 0.4) is 0 Å². The lowest BCUT2D eigenvalue weighted by atomic mass is 10.1. The van der Waals surface area contributed by atoms with E-state index in [9.17, 15) is 18.0 Å². The highest BCUT2D eigenvalue weighted by atomic mass is 32.2. The van der Waals surface area contributed by atoms with E-state index in [-0.39, 0.29) is 10.5 Å². The number of unbranched alkanes of at least 4 members (excludes halogenated alkanes) is 1. The third kappa shape index (κ3) is 5.18. The Kier molecular flexibility index (Phi) is 5.90. The molecule has 0 aliphatic rings. The lowest BCUT2D eigenvalue weighted by Gasteiger charge is -2.14. The van der Waals surface area contributed by atoms with Gasteiger partial charge in [0, 0.05) is 11.8 Å². The fraction of sp³-hybridized carbons (Fsp3) is 0.429. The lowest BCUT2D eigenvalue weighted by molar-refractivity contribution is -0.139. The molecule has 0 heterocycles. The summed E-state index contributed by atoms with van der Waals surface area (Å²) in [5.74, 6) is -1.69. The Labute approximate surface area is 124 Å². The van der Waals surface area contributed by atoms with E-state index in [0.717, 1.165) is 12.7 Å². The van der Waals surface area contributed by atoms with Gasteiger partial charge in [-0.1, -0.05) is 25.8 Å². The Bertz CT molecular complexity index is 624. The number of carbonyl (C=O) groups is 2. The van der Waals surface area contributed by atoms with Gasteiger partial charge in [0.25, 0.3) is 5.91 Å². The van der Waals surface area contributed by atoms with Crippen molar-refractivity contribution in [3.05, 3.63) is 29.8 Å². The number of carboxylic acids is 1. The zero-order chi connectivity index (χ0) is 16.0. The summed E-state index contributed by atoms with van der Waals surface area (Å²) in [5, 5.41) is 11.5. The van der Waals surface area contributed by atoms with Crippen LogP contribution in [0.2, 0.25) is 0 Å². The van der Waals surface area contributed by atoms with Crippen molar-refractivity contribution in [3.8, 4) is 0 Å². The van der Waals surface area contributed by atoms with Crippen molar-refractivity contribution in [2.45, 2.75) is 37.1 Å². The van der Waals surface area contributed by atoms with Crippen molar-refractivity contribution < 1.29 is 23.1 Å². The second-order valence-corrected chi connectivity index (χ2v) is 6.82. The molecule has 21 heavy (non-hydrogen) atoms. The van der Waals surface area contributed by atoms with E-state index in [4.69, 9.17) is 5.11 Å². The number of hydrogen-bond donors (Lipinski definition) is 2. The molecule has 0 bridgehead atoms. The van der Waals surface area contributed by atoms with Crippen LogP contribution in [0.25, 0.3) is 0 Å². The summed E-state index contributed by atoms with van der Waals surface area (Å²) in [4.78, 5) is 23.1. The van der Waals surface area contributed by atoms with Gasteiger partial charge in [-0.25, -0.2) is 13.2 Å². The maximum absolute atomic E-state index is 12.0. The molecule has 0 spiro atoms. The van der Waals surface area contributed by atoms with Gasteiger partial charge in [0.15, 0.2) is 9.84 Å². The highest BCUT2D eigenvalue weighted by Crippen LogP contribution is 2.12. The van der Waals surface area contributed by atoms with Crippen molar-refractivity contribution in [1.82, 2.24) is 5.32 Å². The first-order chi connectivity index (χ1) is 9.75. The van der Waals surface area contributed by atoms with Gasteiger partial charge in [0.2, 0.25) is 0 Å². The fourth-order valence-corrected chi connectivity index (χ4v) is 2.44. The number of amides is 1. The van der Waals surface area contributed by atoms with E-state index < -0.39 is 27.8 Å². The van der Waals surface area contributed by atoms with Gasteiger partial charge in [-0.15, -0.1) is 0 Å². The minimum Gasteiger partial charge on any atom is -0.480 e. The molecular formula is C14H19NO5S. The SMILES string of the molecule is CCCC[C@H](NC(=O)c1cccc(S(C)(=O)=O)c1)C(=O)O. The van der Waals surface area contributed by atoms with E-state index >= 15 is 0 Å². The van der Waals surface area contributed by atoms with Crippen LogP contribution in [0, 0.1) is 0 Å². The van der Waals surface area contributed by atoms with E-state index in [0.29, 0.717) is 12.8 Å². The molecule has 116 valence electrons. The molecule has 0 unspecified atom stereocenters. The van der Waals surface area contributed by atoms with Gasteiger partial charge in [0.05, 0.1) is 4.90 Å². The number of hydrogen-bond acceptors (Lipinski definition) is 4. The van der Waals surface area contributed by atoms with Crippen molar-refractivity contribution in [2.24, 2.45) is 0 Å². The first kappa shape index (κ1) is 17.2. The number of carboxylic acid groups (broad SMARTS) is 1. The minimum absolute atomic E-state index is 0.0237. The molecule has 1 amide bonds. The predicted molar refractivity (Wildman–Crippen MR) is 78.0 cm³/mol. The number of sulfone groups is 1. The number of rotatable bonds is 7. The van der Waals surface area contributed by atoms with Crippen LogP contribution in [-0.2, 0) is 14.6 Å². The van der Waals surface area contributed by atoms with Gasteiger partial charge < -0.3 is 10.4 Å². The average Bonchev–Trinajstić information content (AvgIpc) is 2.42. The summed E-state index contributed by atoms with van der Waals surface area (Å²) in [5.41, 5.74) is 0.126. The summed E-state index contributed by atoms with van der Waals surface area (Å²) in [6.45, 7) is 1.93. The molecule has 1 aromatic carbocycles. The zero-order valence-electron chi connectivity index (χ0n) is 12.0. The van der Waals surface area contributed by atoms with Crippen LogP contribution >= 0.6 is 0 Å². The Morgan fingerprint density at radius 2 is 2.00 bits per heavy atom. The molecule has 6 nitrogen and oxygen atoms in total. The largest absolute Gasteiger partial charge is 0.480 e. The molecule has 0 aliphatic heterocycles. The van der Waals surface area contributed by atoms with Crippen LogP contribution in [0.4, 0.5) is 0 Å². The summed E-state index contributed by atoms with van der Waals surface area (Å²) >= 11 is 0. The fourth-order valence-electron chi connectivity index (χ4n) is 1.78. The highest BCUT2D eigenvalue weighted by Gasteiger charge is 2.20. The van der Waals surface area contributed by atoms with E-state index in [2.05, 4.69) is 5.32 Å². The van der Waals surface area contributed by atoms with Gasteiger partial charge in [0.1, 0.15) is 6.04 Å². The molecule has 0 aromatic heterocycles. The molecule has 0 saturated heterocycles. The summed E-state index contributed by atoms with van der Waals surface area (Å²) < 4.78 is 22.9. The molecule has 1 atom stereocenters. The molecule has 0 fully saturated rings. The maximum atomic E-state index is 12.0. The minimum atomic E-state index is -3.41. The molecule has 1 rings (SSSR count). The van der Waals surface area contributed by atoms with Crippen molar-refractivity contribution in [2.75, 3.05) is 6.26 Å². The molecule has 2 N–H and O–H groups in total. The van der Waals surface area contributed by atoms with Crippen LogP contribution in [0.1, 0.15) is 36.5 Å². The second-order valence-electron chi connectivity index (χ2n) is 4.81. The maximum Gasteiger partial charge on any atom is 0.326 e. The smallest absolute Gasteiger partial charge is 0.326 e. The van der Waals surface area contributed by atoms with Gasteiger partial charge in [-0.3, -0.25) is 4.79 Å². The Morgan fingerprint density at radius 3 is 2.52 bits per heavy atom. The monoisotopic (exact) mass is 313 g/mol. The number of nitrogens with one attached hydrogen (secondary N) is 1. The standard InChI is InChI=1S/C14H19NO5S/c1-3-4-8-12(14(17)18)15-13(16)10-6-5-7-11(9-10)21(2,19)20/h5-7,9,12H,3-4,8H2,1-2H3,(H,15,16)(H,17,18)/t12-/m0/s1. The summed E-state index contributed by atoms with van der Waals surface area (Å²) in [6, 6.07) is 4.55. The van der Waals surface area contributed by atoms with Gasteiger partial charge >= 0.3 is 5.97 Å². The lowest BCUT2D eigenvalue weighted by Crippen LogP contribution is -2.40. The van der Waals surface area contributed by atoms with Crippen LogP contribution in [0.5, 0.6) is 0 Å². The highest BCUT2D eigenvalue weighted by molar-refractivity contribution is 7.90. The zero-order valence-corrected chi connectivity index (χ0v) is 12.8. The Morgan fingerprint density at radius 1 is 1.33 bits per heavy atom.